The molecule has 1 heterocycles. The van der Waals surface area contributed by atoms with E-state index in [0.29, 0.717) is 58.0 Å². The minimum Gasteiger partial charge on any atom is -0.370 e. The van der Waals surface area contributed by atoms with Crippen molar-refractivity contribution in [3.63, 3.8) is 0 Å². The van der Waals surface area contributed by atoms with Crippen molar-refractivity contribution < 1.29 is 28.8 Å². The number of nitrogens with zero attached hydrogens (tertiary/aromatic N) is 1. The Balaban J connectivity index is 3.13. The second-order valence-corrected chi connectivity index (χ2v) is 10.7. The number of guanidine groups is 1. The molecule has 6 amide bonds. The minimum atomic E-state index is -0.986. The topological polar surface area (TPSA) is 291 Å². The highest BCUT2D eigenvalue weighted by Gasteiger charge is 2.28. The van der Waals surface area contributed by atoms with Gasteiger partial charge < -0.3 is 54.8 Å². The molecule has 0 radical (unpaired) electrons. The van der Waals surface area contributed by atoms with Crippen molar-refractivity contribution in [2.24, 2.45) is 27.9 Å². The molecule has 250 valence electrons. The quantitative estimate of drug-likeness (QED) is 0.0679. The molecule has 0 saturated carbocycles. The molecule has 14 N–H and O–H groups in total. The normalized spacial score (nSPS) is 24.1. The van der Waals surface area contributed by atoms with Crippen LogP contribution in [0.5, 0.6) is 0 Å². The molecular weight excluding hydrogens is 574 g/mol. The molecular formula is C27H51N11O6. The molecule has 17 nitrogen and oxygen atoms in total. The fraction of sp³-hybridized carbons (Fsp3) is 0.741. The van der Waals surface area contributed by atoms with Gasteiger partial charge in [0.15, 0.2) is 5.96 Å². The van der Waals surface area contributed by atoms with E-state index in [9.17, 15) is 28.8 Å². The van der Waals surface area contributed by atoms with Crippen LogP contribution in [0, 0.1) is 0 Å². The monoisotopic (exact) mass is 625 g/mol. The third kappa shape index (κ3) is 16.0. The lowest BCUT2D eigenvalue weighted by Crippen LogP contribution is -2.56. The summed E-state index contributed by atoms with van der Waals surface area (Å²) >= 11 is 0. The van der Waals surface area contributed by atoms with E-state index in [2.05, 4.69) is 36.9 Å². The average Bonchev–Trinajstić information content (AvgIpc) is 2.97. The Kier molecular flexibility index (Phi) is 18.7. The van der Waals surface area contributed by atoms with Crippen molar-refractivity contribution in [1.29, 1.82) is 0 Å². The Hall–Kier alpha value is -3.99. The van der Waals surface area contributed by atoms with Gasteiger partial charge in [-0.15, -0.1) is 0 Å². The van der Waals surface area contributed by atoms with Crippen molar-refractivity contribution in [1.82, 2.24) is 31.9 Å². The number of hydrogen-bond donors (Lipinski definition) is 10. The van der Waals surface area contributed by atoms with Crippen LogP contribution >= 0.6 is 0 Å². The Morgan fingerprint density at radius 2 is 1.32 bits per heavy atom. The van der Waals surface area contributed by atoms with Crippen LogP contribution in [0.25, 0.3) is 0 Å². The van der Waals surface area contributed by atoms with E-state index in [1.54, 1.807) is 0 Å². The summed E-state index contributed by atoms with van der Waals surface area (Å²) in [6.45, 7) is 2.17. The molecule has 0 bridgehead atoms. The van der Waals surface area contributed by atoms with Gasteiger partial charge >= 0.3 is 0 Å². The Morgan fingerprint density at radius 3 is 1.93 bits per heavy atom. The fourth-order valence-electron chi connectivity index (χ4n) is 4.37. The molecule has 17 heteroatoms. The number of rotatable bonds is 9. The highest BCUT2D eigenvalue weighted by molar-refractivity contribution is 5.94. The average molecular weight is 626 g/mol. The van der Waals surface area contributed by atoms with Crippen LogP contribution < -0.4 is 54.8 Å². The van der Waals surface area contributed by atoms with Crippen LogP contribution in [0.1, 0.15) is 71.1 Å². The zero-order valence-corrected chi connectivity index (χ0v) is 25.6. The molecule has 0 aromatic heterocycles. The standard InChI is InChI=1S/C27H51N11O6/c1-17-23(41)36-20(9-3-6-13-29)26(44)37-18(8-2-5-12-28)24(42)33-14-7-4-10-19(38-27(30)31)25(43)34-16-22(40)32-15-11-21(39)35-17/h17-20H,2-16,28-29H2,1H3,(H,32,40)(H,33,42)(H,34,43)(H,35,39)(H,36,41)(H,37,44)(H4,30,31,38)/t17-,18+,19-,20+/m1/s1. The van der Waals surface area contributed by atoms with Gasteiger partial charge in [-0.1, -0.05) is 0 Å². The zero-order chi connectivity index (χ0) is 32.9. The van der Waals surface area contributed by atoms with Gasteiger partial charge in [-0.05, 0) is 77.8 Å². The highest BCUT2D eigenvalue weighted by Crippen LogP contribution is 2.08. The number of hydrogen-bond acceptors (Lipinski definition) is 9. The van der Waals surface area contributed by atoms with Crippen molar-refractivity contribution in [3.8, 4) is 0 Å². The van der Waals surface area contributed by atoms with E-state index in [1.807, 2.05) is 0 Å². The van der Waals surface area contributed by atoms with Crippen LogP contribution in [0.4, 0.5) is 0 Å². The summed E-state index contributed by atoms with van der Waals surface area (Å²) in [6.07, 6.45) is 4.11. The van der Waals surface area contributed by atoms with Gasteiger partial charge in [-0.3, -0.25) is 28.8 Å². The molecule has 1 aliphatic rings. The SMILES string of the molecule is C[C@H]1NC(=O)CCNC(=O)CNC(=O)[C@H](N=C(N)N)CCCCNC(=O)[C@H](CCCCN)NC(=O)[C@H](CCCCN)NC1=O. The molecule has 1 saturated heterocycles. The van der Waals surface area contributed by atoms with Gasteiger partial charge in [-0.2, -0.15) is 0 Å². The maximum absolute atomic E-state index is 13.3. The number of nitrogens with two attached hydrogens (primary N) is 4. The number of carbonyl (C=O) groups excluding carboxylic acids is 6. The number of unbranched alkanes of at least 4 members (excludes halogenated alkanes) is 2. The van der Waals surface area contributed by atoms with Crippen LogP contribution in [0.2, 0.25) is 0 Å². The van der Waals surface area contributed by atoms with E-state index in [0.717, 1.165) is 0 Å². The molecule has 1 rings (SSSR count). The van der Waals surface area contributed by atoms with Gasteiger partial charge in [0, 0.05) is 19.5 Å². The molecule has 0 aliphatic carbocycles. The van der Waals surface area contributed by atoms with Gasteiger partial charge in [0.05, 0.1) is 6.54 Å². The van der Waals surface area contributed by atoms with Crippen molar-refractivity contribution in [3.05, 3.63) is 0 Å². The third-order valence-corrected chi connectivity index (χ3v) is 6.84. The summed E-state index contributed by atoms with van der Waals surface area (Å²) in [7, 11) is 0. The van der Waals surface area contributed by atoms with E-state index < -0.39 is 59.6 Å². The maximum Gasteiger partial charge on any atom is 0.245 e. The summed E-state index contributed by atoms with van der Waals surface area (Å²) < 4.78 is 0. The van der Waals surface area contributed by atoms with Crippen LogP contribution in [0.3, 0.4) is 0 Å². The number of nitrogens with one attached hydrogen (secondary N) is 6. The first kappa shape index (κ1) is 38.0. The summed E-state index contributed by atoms with van der Waals surface area (Å²) in [5.74, 6) is -3.41. The van der Waals surface area contributed by atoms with Crippen LogP contribution in [0.15, 0.2) is 4.99 Å². The van der Waals surface area contributed by atoms with E-state index in [-0.39, 0.29) is 44.9 Å². The van der Waals surface area contributed by atoms with Gasteiger partial charge in [0.1, 0.15) is 24.2 Å². The number of aliphatic imine (C=N–C) groups is 1. The van der Waals surface area contributed by atoms with Crippen LogP contribution in [-0.2, 0) is 28.8 Å². The molecule has 0 unspecified atom stereocenters. The lowest BCUT2D eigenvalue weighted by Gasteiger charge is -2.24. The summed E-state index contributed by atoms with van der Waals surface area (Å²) in [5.41, 5.74) is 22.2. The van der Waals surface area contributed by atoms with Gasteiger partial charge in [0.2, 0.25) is 35.4 Å². The Morgan fingerprint density at radius 1 is 0.705 bits per heavy atom. The first-order valence-electron chi connectivity index (χ1n) is 15.2. The smallest absolute Gasteiger partial charge is 0.245 e. The molecule has 1 fully saturated rings. The molecule has 44 heavy (non-hydrogen) atoms. The van der Waals surface area contributed by atoms with Crippen molar-refractivity contribution in [2.45, 2.75) is 95.3 Å². The first-order valence-corrected chi connectivity index (χ1v) is 15.2. The third-order valence-electron chi connectivity index (χ3n) is 6.84. The van der Waals surface area contributed by atoms with Crippen molar-refractivity contribution >= 4 is 41.4 Å². The molecule has 0 spiro atoms. The zero-order valence-electron chi connectivity index (χ0n) is 25.6. The summed E-state index contributed by atoms with van der Waals surface area (Å²) in [5, 5.41) is 15.8. The molecule has 0 aromatic rings. The molecule has 0 aromatic carbocycles. The highest BCUT2D eigenvalue weighted by atomic mass is 16.2. The number of carbonyl (C=O) groups is 6. The second kappa shape index (κ2) is 21.7. The summed E-state index contributed by atoms with van der Waals surface area (Å²) in [4.78, 5) is 80.4. The van der Waals surface area contributed by atoms with E-state index >= 15 is 0 Å². The lowest BCUT2D eigenvalue weighted by atomic mass is 10.0. The fourth-order valence-corrected chi connectivity index (χ4v) is 4.37. The first-order chi connectivity index (χ1) is 21.0. The van der Waals surface area contributed by atoms with Crippen LogP contribution in [-0.4, -0.2) is 98.3 Å². The number of amides is 6. The maximum atomic E-state index is 13.3. The van der Waals surface area contributed by atoms with Gasteiger partial charge in [0.25, 0.3) is 0 Å². The molecule has 1 aliphatic heterocycles. The lowest BCUT2D eigenvalue weighted by molar-refractivity contribution is -0.133. The predicted molar refractivity (Wildman–Crippen MR) is 164 cm³/mol. The van der Waals surface area contributed by atoms with E-state index in [1.165, 1.54) is 6.92 Å². The van der Waals surface area contributed by atoms with E-state index in [4.69, 9.17) is 22.9 Å². The molecule has 4 atom stereocenters. The largest absolute Gasteiger partial charge is 0.370 e. The Bertz CT molecular complexity index is 989. The summed E-state index contributed by atoms with van der Waals surface area (Å²) in [6, 6.07) is -3.76. The Labute approximate surface area is 258 Å². The van der Waals surface area contributed by atoms with Crippen molar-refractivity contribution in [2.75, 3.05) is 32.7 Å². The second-order valence-electron chi connectivity index (χ2n) is 10.7. The van der Waals surface area contributed by atoms with Gasteiger partial charge in [-0.25, -0.2) is 4.99 Å². The predicted octanol–water partition coefficient (Wildman–Crippen LogP) is -3.72. The minimum absolute atomic E-state index is 0.0388.